The van der Waals surface area contributed by atoms with Gasteiger partial charge in [0, 0.05) is 5.02 Å². The normalized spacial score (nSPS) is 11.2. The first-order valence-electron chi connectivity index (χ1n) is 6.97. The zero-order valence-corrected chi connectivity index (χ0v) is 12.7. The van der Waals surface area contributed by atoms with Gasteiger partial charge in [0.2, 0.25) is 5.95 Å². The fourth-order valence-electron chi connectivity index (χ4n) is 2.49. The van der Waals surface area contributed by atoms with Crippen molar-refractivity contribution in [3.05, 3.63) is 59.6 Å². The summed E-state index contributed by atoms with van der Waals surface area (Å²) < 4.78 is 7.32. The molecular formula is C16H12ClN5O. The van der Waals surface area contributed by atoms with Gasteiger partial charge in [-0.2, -0.15) is 4.98 Å². The van der Waals surface area contributed by atoms with Crippen molar-refractivity contribution in [2.24, 2.45) is 0 Å². The number of furan rings is 1. The minimum atomic E-state index is 0.178. The molecule has 2 N–H and O–H groups in total. The summed E-state index contributed by atoms with van der Waals surface area (Å²) in [4.78, 5) is 13.0. The van der Waals surface area contributed by atoms with Crippen molar-refractivity contribution < 1.29 is 4.42 Å². The second-order valence-electron chi connectivity index (χ2n) is 5.08. The van der Waals surface area contributed by atoms with Gasteiger partial charge in [0.05, 0.1) is 19.1 Å². The van der Waals surface area contributed by atoms with Crippen LogP contribution in [0.25, 0.3) is 22.6 Å². The first-order chi connectivity index (χ1) is 11.2. The van der Waals surface area contributed by atoms with Crippen molar-refractivity contribution in [3.8, 4) is 11.5 Å². The lowest BCUT2D eigenvalue weighted by molar-refractivity contribution is 0.580. The summed E-state index contributed by atoms with van der Waals surface area (Å²) in [6, 6.07) is 11.3. The van der Waals surface area contributed by atoms with Gasteiger partial charge in [-0.1, -0.05) is 23.7 Å². The van der Waals surface area contributed by atoms with Gasteiger partial charge in [0.25, 0.3) is 0 Å². The molecule has 4 rings (SSSR count). The fraction of sp³-hybridized carbons (Fsp3) is 0.0625. The van der Waals surface area contributed by atoms with Gasteiger partial charge in [-0.05, 0) is 29.8 Å². The van der Waals surface area contributed by atoms with E-state index in [9.17, 15) is 0 Å². The minimum Gasteiger partial charge on any atom is -0.463 e. The van der Waals surface area contributed by atoms with Crippen LogP contribution in [0.3, 0.4) is 0 Å². The molecule has 0 aliphatic rings. The molecular weight excluding hydrogens is 314 g/mol. The van der Waals surface area contributed by atoms with Crippen molar-refractivity contribution in [3.63, 3.8) is 0 Å². The Labute approximate surface area is 136 Å². The van der Waals surface area contributed by atoms with Crippen LogP contribution in [0, 0.1) is 0 Å². The lowest BCUT2D eigenvalue weighted by Crippen LogP contribution is -2.03. The van der Waals surface area contributed by atoms with E-state index in [-0.39, 0.29) is 5.95 Å². The Morgan fingerprint density at radius 3 is 2.87 bits per heavy atom. The molecule has 114 valence electrons. The highest BCUT2D eigenvalue weighted by molar-refractivity contribution is 6.30. The van der Waals surface area contributed by atoms with E-state index in [1.807, 2.05) is 34.9 Å². The lowest BCUT2D eigenvalue weighted by atomic mass is 10.2. The van der Waals surface area contributed by atoms with E-state index in [1.165, 1.54) is 0 Å². The number of fused-ring (bicyclic) bond motifs is 1. The topological polar surface area (TPSA) is 82.8 Å². The summed E-state index contributed by atoms with van der Waals surface area (Å²) in [5.74, 6) is 0.786. The third kappa shape index (κ3) is 2.53. The predicted octanol–water partition coefficient (Wildman–Crippen LogP) is 3.37. The van der Waals surface area contributed by atoms with Crippen molar-refractivity contribution in [1.82, 2.24) is 19.5 Å². The Hall–Kier alpha value is -2.86. The number of benzene rings is 1. The molecule has 0 unspecified atom stereocenters. The van der Waals surface area contributed by atoms with E-state index in [2.05, 4.69) is 15.0 Å². The molecule has 4 aromatic rings. The Morgan fingerprint density at radius 1 is 1.17 bits per heavy atom. The first kappa shape index (κ1) is 13.8. The zero-order valence-electron chi connectivity index (χ0n) is 12.0. The van der Waals surface area contributed by atoms with Gasteiger partial charge >= 0.3 is 0 Å². The van der Waals surface area contributed by atoms with Crippen LogP contribution in [0.5, 0.6) is 0 Å². The second-order valence-corrected chi connectivity index (χ2v) is 5.52. The molecule has 0 fully saturated rings. The zero-order chi connectivity index (χ0) is 15.8. The lowest BCUT2D eigenvalue weighted by Gasteiger charge is -2.05. The first-order valence-corrected chi connectivity index (χ1v) is 7.35. The quantitative estimate of drug-likeness (QED) is 0.624. The number of hydrogen-bond donors (Lipinski definition) is 1. The average molecular weight is 326 g/mol. The largest absolute Gasteiger partial charge is 0.463 e. The summed E-state index contributed by atoms with van der Waals surface area (Å²) in [5.41, 5.74) is 8.79. The van der Waals surface area contributed by atoms with Gasteiger partial charge in [-0.3, -0.25) is 0 Å². The molecule has 0 atom stereocenters. The van der Waals surface area contributed by atoms with Crippen molar-refractivity contribution in [1.29, 1.82) is 0 Å². The van der Waals surface area contributed by atoms with Gasteiger partial charge in [-0.25, -0.2) is 9.97 Å². The van der Waals surface area contributed by atoms with Crippen molar-refractivity contribution in [2.75, 3.05) is 5.73 Å². The third-order valence-corrected chi connectivity index (χ3v) is 3.71. The molecule has 7 heteroatoms. The number of imidazole rings is 1. The summed E-state index contributed by atoms with van der Waals surface area (Å²) in [6.45, 7) is 0.588. The number of nitrogens with zero attached hydrogens (tertiary/aromatic N) is 4. The second kappa shape index (κ2) is 5.40. The molecule has 3 aromatic heterocycles. The highest BCUT2D eigenvalue weighted by Gasteiger charge is 2.15. The highest BCUT2D eigenvalue weighted by Crippen LogP contribution is 2.26. The number of nitrogens with two attached hydrogens (primary N) is 1. The SMILES string of the molecule is Nc1nc(-c2ccco2)c2ncn(Cc3cccc(Cl)c3)c2n1. The van der Waals surface area contributed by atoms with Crippen LogP contribution < -0.4 is 5.73 Å². The van der Waals surface area contributed by atoms with Crippen LogP contribution in [0.1, 0.15) is 5.56 Å². The maximum absolute atomic E-state index is 6.04. The van der Waals surface area contributed by atoms with Gasteiger partial charge in [0.1, 0.15) is 11.2 Å². The van der Waals surface area contributed by atoms with Crippen LogP contribution in [-0.4, -0.2) is 19.5 Å². The molecule has 23 heavy (non-hydrogen) atoms. The molecule has 6 nitrogen and oxygen atoms in total. The number of rotatable bonds is 3. The third-order valence-electron chi connectivity index (χ3n) is 3.48. The van der Waals surface area contributed by atoms with Crippen LogP contribution in [0.15, 0.2) is 53.4 Å². The maximum Gasteiger partial charge on any atom is 0.222 e. The van der Waals surface area contributed by atoms with E-state index in [4.69, 9.17) is 21.8 Å². The Balaban J connectivity index is 1.83. The van der Waals surface area contributed by atoms with E-state index >= 15 is 0 Å². The molecule has 0 saturated carbocycles. The number of aromatic nitrogens is 4. The Bertz CT molecular complexity index is 977. The monoisotopic (exact) mass is 325 g/mol. The van der Waals surface area contributed by atoms with Crippen LogP contribution in [0.2, 0.25) is 5.02 Å². The summed E-state index contributed by atoms with van der Waals surface area (Å²) in [6.07, 6.45) is 3.30. The van der Waals surface area contributed by atoms with E-state index in [0.29, 0.717) is 34.2 Å². The number of anilines is 1. The molecule has 0 radical (unpaired) electrons. The minimum absolute atomic E-state index is 0.178. The molecule has 3 heterocycles. The van der Waals surface area contributed by atoms with Gasteiger partial charge in [0.15, 0.2) is 11.4 Å². The van der Waals surface area contributed by atoms with Crippen LogP contribution >= 0.6 is 11.6 Å². The van der Waals surface area contributed by atoms with Crippen molar-refractivity contribution >= 4 is 28.7 Å². The summed E-state index contributed by atoms with van der Waals surface area (Å²) in [5, 5.41) is 0.692. The molecule has 0 amide bonds. The van der Waals surface area contributed by atoms with Crippen LogP contribution in [-0.2, 0) is 6.54 Å². The van der Waals surface area contributed by atoms with E-state index in [0.717, 1.165) is 5.56 Å². The van der Waals surface area contributed by atoms with Crippen molar-refractivity contribution in [2.45, 2.75) is 6.54 Å². The Kier molecular flexibility index (Phi) is 3.24. The molecule has 1 aromatic carbocycles. The number of hydrogen-bond acceptors (Lipinski definition) is 5. The predicted molar refractivity (Wildman–Crippen MR) is 88.0 cm³/mol. The average Bonchev–Trinajstić information content (AvgIpc) is 3.17. The molecule has 0 aliphatic heterocycles. The smallest absolute Gasteiger partial charge is 0.222 e. The van der Waals surface area contributed by atoms with Crippen LogP contribution in [0.4, 0.5) is 5.95 Å². The van der Waals surface area contributed by atoms with E-state index in [1.54, 1.807) is 18.7 Å². The van der Waals surface area contributed by atoms with Gasteiger partial charge < -0.3 is 14.7 Å². The van der Waals surface area contributed by atoms with E-state index < -0.39 is 0 Å². The Morgan fingerprint density at radius 2 is 2.09 bits per heavy atom. The molecule has 0 aliphatic carbocycles. The maximum atomic E-state index is 6.04. The number of nitrogen functional groups attached to an aromatic ring is 1. The fourth-order valence-corrected chi connectivity index (χ4v) is 2.71. The highest BCUT2D eigenvalue weighted by atomic mass is 35.5. The number of halogens is 1. The standard InChI is InChI=1S/C16H12ClN5O/c17-11-4-1-3-10(7-11)8-22-9-19-14-13(12-5-2-6-23-12)20-16(18)21-15(14)22/h1-7,9H,8H2,(H2,18,20,21). The summed E-state index contributed by atoms with van der Waals surface area (Å²) >= 11 is 6.04. The molecule has 0 spiro atoms. The molecule has 0 saturated heterocycles. The van der Waals surface area contributed by atoms with Gasteiger partial charge in [-0.15, -0.1) is 0 Å². The summed E-state index contributed by atoms with van der Waals surface area (Å²) in [7, 11) is 0. The molecule has 0 bridgehead atoms.